The minimum atomic E-state index is -0.471. The first-order chi connectivity index (χ1) is 15.0. The Hall–Kier alpha value is -3.32. The number of hydrogen-bond acceptors (Lipinski definition) is 6. The van der Waals surface area contributed by atoms with Gasteiger partial charge in [-0.2, -0.15) is 0 Å². The second kappa shape index (κ2) is 10.1. The number of benzene rings is 2. The van der Waals surface area contributed by atoms with Crippen LogP contribution in [0, 0.1) is 0 Å². The van der Waals surface area contributed by atoms with Crippen molar-refractivity contribution in [1.29, 1.82) is 0 Å². The van der Waals surface area contributed by atoms with Gasteiger partial charge in [-0.1, -0.05) is 31.2 Å². The van der Waals surface area contributed by atoms with Crippen molar-refractivity contribution in [3.05, 3.63) is 64.5 Å². The van der Waals surface area contributed by atoms with E-state index in [4.69, 9.17) is 14.2 Å². The van der Waals surface area contributed by atoms with Crippen LogP contribution in [0.15, 0.2) is 47.8 Å². The molecule has 0 spiro atoms. The molecule has 0 bridgehead atoms. The molecule has 0 unspecified atom stereocenters. The van der Waals surface area contributed by atoms with Crippen molar-refractivity contribution >= 4 is 28.2 Å². The first-order valence-corrected chi connectivity index (χ1v) is 10.8. The van der Waals surface area contributed by atoms with E-state index in [9.17, 15) is 9.59 Å². The lowest BCUT2D eigenvalue weighted by Crippen LogP contribution is -2.15. The van der Waals surface area contributed by atoms with Gasteiger partial charge < -0.3 is 19.5 Å². The van der Waals surface area contributed by atoms with Crippen LogP contribution >= 0.6 is 11.3 Å². The number of anilines is 1. The van der Waals surface area contributed by atoms with E-state index >= 15 is 0 Å². The third-order valence-corrected chi connectivity index (χ3v) is 5.71. The summed E-state index contributed by atoms with van der Waals surface area (Å²) < 4.78 is 15.8. The van der Waals surface area contributed by atoms with Gasteiger partial charge in [0.25, 0.3) is 5.91 Å². The Morgan fingerprint density at radius 1 is 0.968 bits per heavy atom. The highest BCUT2D eigenvalue weighted by Gasteiger charge is 2.23. The fourth-order valence-electron chi connectivity index (χ4n) is 3.14. The number of esters is 1. The smallest absolute Gasteiger partial charge is 0.341 e. The molecule has 1 amide bonds. The zero-order valence-corrected chi connectivity index (χ0v) is 18.8. The fraction of sp³-hybridized carbons (Fsp3) is 0.250. The molecule has 6 nitrogen and oxygen atoms in total. The Morgan fingerprint density at radius 3 is 2.29 bits per heavy atom. The lowest BCUT2D eigenvalue weighted by Gasteiger charge is -2.11. The maximum atomic E-state index is 12.9. The van der Waals surface area contributed by atoms with Crippen molar-refractivity contribution in [3.8, 4) is 22.6 Å². The molecular formula is C24H25NO5S. The van der Waals surface area contributed by atoms with Gasteiger partial charge in [0, 0.05) is 16.5 Å². The van der Waals surface area contributed by atoms with Gasteiger partial charge in [0.05, 0.1) is 20.8 Å². The van der Waals surface area contributed by atoms with Crippen LogP contribution < -0.4 is 14.8 Å². The third kappa shape index (κ3) is 4.88. The van der Waals surface area contributed by atoms with Crippen molar-refractivity contribution in [2.75, 3.05) is 26.1 Å². The average molecular weight is 440 g/mol. The number of ether oxygens (including phenoxy) is 3. The highest BCUT2D eigenvalue weighted by atomic mass is 32.1. The van der Waals surface area contributed by atoms with Crippen molar-refractivity contribution in [1.82, 2.24) is 0 Å². The van der Waals surface area contributed by atoms with Gasteiger partial charge in [0.15, 0.2) is 11.5 Å². The average Bonchev–Trinajstić information content (AvgIpc) is 3.22. The number of rotatable bonds is 8. The van der Waals surface area contributed by atoms with Gasteiger partial charge in [0.1, 0.15) is 10.6 Å². The van der Waals surface area contributed by atoms with Gasteiger partial charge in [-0.05, 0) is 42.7 Å². The predicted octanol–water partition coefficient (Wildman–Crippen LogP) is 5.42. The first-order valence-electron chi connectivity index (χ1n) is 9.93. The summed E-state index contributed by atoms with van der Waals surface area (Å²) >= 11 is 1.29. The second-order valence-electron chi connectivity index (χ2n) is 6.65. The highest BCUT2D eigenvalue weighted by Crippen LogP contribution is 2.37. The Bertz CT molecular complexity index is 1070. The van der Waals surface area contributed by atoms with E-state index in [1.54, 1.807) is 25.1 Å². The maximum absolute atomic E-state index is 12.9. The van der Waals surface area contributed by atoms with E-state index in [-0.39, 0.29) is 12.5 Å². The molecule has 2 aromatic carbocycles. The molecule has 0 aliphatic rings. The first kappa shape index (κ1) is 22.4. The third-order valence-electron chi connectivity index (χ3n) is 4.82. The SMILES string of the molecule is CCOC(=O)c1c(-c2ccc(CC)cc2)csc1NC(=O)c1ccc(OC)c(OC)c1. The number of carbonyl (C=O) groups is 2. The Balaban J connectivity index is 1.96. The normalized spacial score (nSPS) is 10.5. The molecule has 7 heteroatoms. The largest absolute Gasteiger partial charge is 0.493 e. The monoisotopic (exact) mass is 439 g/mol. The Morgan fingerprint density at radius 2 is 1.68 bits per heavy atom. The molecule has 1 heterocycles. The molecule has 0 atom stereocenters. The van der Waals surface area contributed by atoms with E-state index in [0.717, 1.165) is 17.5 Å². The molecule has 31 heavy (non-hydrogen) atoms. The molecule has 1 aromatic heterocycles. The minimum absolute atomic E-state index is 0.242. The second-order valence-corrected chi connectivity index (χ2v) is 7.53. The van der Waals surface area contributed by atoms with Crippen LogP contribution in [0.2, 0.25) is 0 Å². The molecule has 0 saturated carbocycles. The summed E-state index contributed by atoms with van der Waals surface area (Å²) in [6.45, 7) is 4.08. The van der Waals surface area contributed by atoms with Crippen LogP contribution in [0.4, 0.5) is 5.00 Å². The number of methoxy groups -OCH3 is 2. The summed E-state index contributed by atoms with van der Waals surface area (Å²) in [5.74, 6) is 0.144. The van der Waals surface area contributed by atoms with E-state index < -0.39 is 5.97 Å². The summed E-state index contributed by atoms with van der Waals surface area (Å²) in [7, 11) is 3.04. The van der Waals surface area contributed by atoms with Crippen molar-refractivity contribution in [2.45, 2.75) is 20.3 Å². The van der Waals surface area contributed by atoms with Crippen LogP contribution in [0.3, 0.4) is 0 Å². The maximum Gasteiger partial charge on any atom is 0.341 e. The molecule has 162 valence electrons. The molecule has 1 N–H and O–H groups in total. The van der Waals surface area contributed by atoms with E-state index in [1.165, 1.54) is 31.1 Å². The molecule has 0 radical (unpaired) electrons. The number of aryl methyl sites for hydroxylation is 1. The van der Waals surface area contributed by atoms with Gasteiger partial charge in [-0.3, -0.25) is 4.79 Å². The van der Waals surface area contributed by atoms with E-state index in [2.05, 4.69) is 12.2 Å². The van der Waals surface area contributed by atoms with Gasteiger partial charge in [-0.15, -0.1) is 11.3 Å². The Kier molecular flexibility index (Phi) is 7.31. The molecule has 3 aromatic rings. The summed E-state index contributed by atoms with van der Waals surface area (Å²) in [6.07, 6.45) is 0.932. The van der Waals surface area contributed by atoms with Gasteiger partial charge in [0.2, 0.25) is 0 Å². The minimum Gasteiger partial charge on any atom is -0.493 e. The zero-order chi connectivity index (χ0) is 22.4. The molecule has 0 fully saturated rings. The van der Waals surface area contributed by atoms with Crippen LogP contribution in [-0.2, 0) is 11.2 Å². The lowest BCUT2D eigenvalue weighted by atomic mass is 10.0. The molecule has 0 saturated heterocycles. The number of carbonyl (C=O) groups excluding carboxylic acids is 2. The summed E-state index contributed by atoms with van der Waals surface area (Å²) in [5, 5.41) is 5.15. The van der Waals surface area contributed by atoms with E-state index in [0.29, 0.717) is 27.6 Å². The van der Waals surface area contributed by atoms with E-state index in [1.807, 2.05) is 29.6 Å². The topological polar surface area (TPSA) is 73.9 Å². The Labute approximate surface area is 185 Å². The standard InChI is InChI=1S/C24H25NO5S/c1-5-15-7-9-16(10-8-15)18-14-31-23(21(18)24(27)30-6-2)25-22(26)17-11-12-19(28-3)20(13-17)29-4/h7-14H,5-6H2,1-4H3,(H,25,26). The summed E-state index contributed by atoms with van der Waals surface area (Å²) in [4.78, 5) is 25.6. The van der Waals surface area contributed by atoms with Crippen LogP contribution in [-0.4, -0.2) is 32.7 Å². The van der Waals surface area contributed by atoms with Crippen LogP contribution in [0.1, 0.15) is 40.1 Å². The quantitative estimate of drug-likeness (QED) is 0.474. The van der Waals surface area contributed by atoms with Crippen molar-refractivity contribution in [3.63, 3.8) is 0 Å². The van der Waals surface area contributed by atoms with Crippen LogP contribution in [0.25, 0.3) is 11.1 Å². The lowest BCUT2D eigenvalue weighted by molar-refractivity contribution is 0.0529. The number of nitrogens with one attached hydrogen (secondary N) is 1. The summed E-state index contributed by atoms with van der Waals surface area (Å²) in [6, 6.07) is 12.9. The van der Waals surface area contributed by atoms with Crippen molar-refractivity contribution in [2.24, 2.45) is 0 Å². The highest BCUT2D eigenvalue weighted by molar-refractivity contribution is 7.15. The van der Waals surface area contributed by atoms with Gasteiger partial charge >= 0.3 is 5.97 Å². The molecule has 0 aliphatic carbocycles. The molecule has 0 aliphatic heterocycles. The number of amides is 1. The molecule has 3 rings (SSSR count). The molecular weight excluding hydrogens is 414 g/mol. The van der Waals surface area contributed by atoms with Crippen LogP contribution in [0.5, 0.6) is 11.5 Å². The summed E-state index contributed by atoms with van der Waals surface area (Å²) in [5.41, 5.74) is 3.56. The zero-order valence-electron chi connectivity index (χ0n) is 18.0. The number of thiophene rings is 1. The van der Waals surface area contributed by atoms with Crippen molar-refractivity contribution < 1.29 is 23.8 Å². The predicted molar refractivity (Wildman–Crippen MR) is 123 cm³/mol. The number of hydrogen-bond donors (Lipinski definition) is 1. The van der Waals surface area contributed by atoms with Gasteiger partial charge in [-0.25, -0.2) is 4.79 Å². The fourth-order valence-corrected chi connectivity index (χ4v) is 4.09.